The van der Waals surface area contributed by atoms with Crippen LogP contribution in [0.2, 0.25) is 0 Å². The van der Waals surface area contributed by atoms with Crippen molar-refractivity contribution in [3.05, 3.63) is 24.3 Å². The summed E-state index contributed by atoms with van der Waals surface area (Å²) in [4.78, 5) is 12.8. The van der Waals surface area contributed by atoms with Crippen molar-refractivity contribution in [3.8, 4) is 0 Å². The smallest absolute Gasteiger partial charge is 0.166 e. The van der Waals surface area contributed by atoms with Crippen LogP contribution in [0.3, 0.4) is 0 Å². The summed E-state index contributed by atoms with van der Waals surface area (Å²) in [7, 11) is 0. The molecule has 0 radical (unpaired) electrons. The molecule has 0 aromatic carbocycles. The molecule has 4 N–H and O–H groups in total. The highest BCUT2D eigenvalue weighted by molar-refractivity contribution is 5.85. The molecule has 4 rings (SSSR count). The van der Waals surface area contributed by atoms with E-state index in [0.29, 0.717) is 28.6 Å². The Balaban J connectivity index is 0.00000156. The van der Waals surface area contributed by atoms with E-state index in [2.05, 4.69) is 20.3 Å². The average molecular weight is 340 g/mol. The Labute approximate surface area is 138 Å². The molecular weight excluding hydrogens is 322 g/mol. The lowest BCUT2D eigenvalue weighted by Crippen LogP contribution is -2.30. The normalized spacial score (nSPS) is 26.9. The molecule has 2 aliphatic rings. The van der Waals surface area contributed by atoms with E-state index in [4.69, 9.17) is 0 Å². The fraction of sp³-hybridized carbons (Fsp3) is 0.500. The predicted molar refractivity (Wildman–Crippen MR) is 85.4 cm³/mol. The largest absolute Gasteiger partial charge is 0.392 e. The Morgan fingerprint density at radius 3 is 2.65 bits per heavy atom. The third kappa shape index (κ3) is 2.67. The number of fused-ring (bicyclic) bond motifs is 1. The number of nitrogens with one attached hydrogen (secondary N) is 1. The molecule has 3 atom stereocenters. The van der Waals surface area contributed by atoms with Crippen molar-refractivity contribution in [2.24, 2.45) is 0 Å². The van der Waals surface area contributed by atoms with Gasteiger partial charge in [-0.05, 0) is 18.4 Å². The van der Waals surface area contributed by atoms with Crippen molar-refractivity contribution in [1.82, 2.24) is 19.5 Å². The summed E-state index contributed by atoms with van der Waals surface area (Å²) in [5, 5.41) is 32.7. The number of rotatable bonds is 4. The maximum Gasteiger partial charge on any atom is 0.166 e. The summed E-state index contributed by atoms with van der Waals surface area (Å²) < 4.78 is 1.70. The minimum Gasteiger partial charge on any atom is -0.392 e. The van der Waals surface area contributed by atoms with Gasteiger partial charge in [-0.2, -0.15) is 0 Å². The molecule has 0 aliphatic heterocycles. The maximum atomic E-state index is 10.2. The second kappa shape index (κ2) is 6.04. The van der Waals surface area contributed by atoms with Gasteiger partial charge < -0.3 is 25.2 Å². The van der Waals surface area contributed by atoms with E-state index in [1.165, 1.54) is 6.33 Å². The number of halogens is 1. The standard InChI is InChI=1S/C14H17N5O3.ClH/c20-4-7-3-9(12(22)11(7)21)19-6-17-10-13(18-8-1-2-8)15-5-16-14(10)19;/h3,5-6,8-9,11-12,20-22H,1-2,4H2,(H,15,16,18);1H. The molecule has 2 aromatic rings. The van der Waals surface area contributed by atoms with Crippen LogP contribution in [0.4, 0.5) is 5.82 Å². The molecule has 124 valence electrons. The lowest BCUT2D eigenvalue weighted by atomic mass is 10.1. The lowest BCUT2D eigenvalue weighted by Gasteiger charge is -2.18. The SMILES string of the molecule is Cl.OCC1=CC(n2cnc3c(NC4CC4)ncnc32)C(O)C1O. The van der Waals surface area contributed by atoms with Crippen LogP contribution in [-0.2, 0) is 0 Å². The second-order valence-corrected chi connectivity index (χ2v) is 5.79. The number of nitrogens with zero attached hydrogens (tertiary/aromatic N) is 4. The van der Waals surface area contributed by atoms with Gasteiger partial charge in [0, 0.05) is 6.04 Å². The van der Waals surface area contributed by atoms with Crippen LogP contribution in [0.25, 0.3) is 11.2 Å². The minimum absolute atomic E-state index is 0. The van der Waals surface area contributed by atoms with Crippen LogP contribution in [0, 0.1) is 0 Å². The van der Waals surface area contributed by atoms with E-state index in [1.807, 2.05) is 0 Å². The molecule has 0 spiro atoms. The minimum atomic E-state index is -1.07. The van der Waals surface area contributed by atoms with Gasteiger partial charge in [0.05, 0.1) is 19.0 Å². The number of aliphatic hydroxyl groups is 3. The Kier molecular flexibility index (Phi) is 4.24. The molecule has 0 bridgehead atoms. The van der Waals surface area contributed by atoms with Gasteiger partial charge >= 0.3 is 0 Å². The zero-order valence-corrected chi connectivity index (χ0v) is 13.0. The van der Waals surface area contributed by atoms with Gasteiger partial charge in [0.25, 0.3) is 0 Å². The first-order chi connectivity index (χ1) is 10.7. The van der Waals surface area contributed by atoms with Gasteiger partial charge in [0.1, 0.15) is 24.1 Å². The fourth-order valence-electron chi connectivity index (χ4n) is 2.81. The monoisotopic (exact) mass is 339 g/mol. The number of hydrogen-bond donors (Lipinski definition) is 4. The molecular formula is C14H18ClN5O3. The van der Waals surface area contributed by atoms with Crippen molar-refractivity contribution in [2.45, 2.75) is 37.1 Å². The lowest BCUT2D eigenvalue weighted by molar-refractivity contribution is 0.0287. The molecule has 0 saturated heterocycles. The van der Waals surface area contributed by atoms with Crippen LogP contribution >= 0.6 is 12.4 Å². The first kappa shape index (κ1) is 16.1. The summed E-state index contributed by atoms with van der Waals surface area (Å²) in [6.07, 6.45) is 4.85. The number of aromatic nitrogens is 4. The van der Waals surface area contributed by atoms with Crippen molar-refractivity contribution < 1.29 is 15.3 Å². The Hall–Kier alpha value is -1.74. The highest BCUT2D eigenvalue weighted by Crippen LogP contribution is 2.33. The van der Waals surface area contributed by atoms with Gasteiger partial charge in [0.2, 0.25) is 0 Å². The van der Waals surface area contributed by atoms with Gasteiger partial charge in [-0.3, -0.25) is 0 Å². The molecule has 0 amide bonds. The van der Waals surface area contributed by atoms with Crippen molar-refractivity contribution in [2.75, 3.05) is 11.9 Å². The first-order valence-electron chi connectivity index (χ1n) is 7.30. The summed E-state index contributed by atoms with van der Waals surface area (Å²) >= 11 is 0. The number of hydrogen-bond acceptors (Lipinski definition) is 7. The van der Waals surface area contributed by atoms with E-state index < -0.39 is 18.2 Å². The predicted octanol–water partition coefficient (Wildman–Crippen LogP) is 0.0176. The van der Waals surface area contributed by atoms with Crippen LogP contribution in [0.5, 0.6) is 0 Å². The van der Waals surface area contributed by atoms with E-state index in [1.54, 1.807) is 17.0 Å². The summed E-state index contributed by atoms with van der Waals surface area (Å²) in [5.74, 6) is 0.686. The molecule has 8 nitrogen and oxygen atoms in total. The third-order valence-electron chi connectivity index (χ3n) is 4.22. The van der Waals surface area contributed by atoms with Crippen molar-refractivity contribution in [1.29, 1.82) is 0 Å². The molecule has 3 unspecified atom stereocenters. The Bertz CT molecular complexity index is 745. The number of aliphatic hydroxyl groups excluding tert-OH is 3. The molecule has 1 fully saturated rings. The summed E-state index contributed by atoms with van der Waals surface area (Å²) in [6, 6.07) is -0.0612. The first-order valence-corrected chi connectivity index (χ1v) is 7.30. The quantitative estimate of drug-likeness (QED) is 0.580. The second-order valence-electron chi connectivity index (χ2n) is 5.79. The molecule has 9 heteroatoms. The zero-order valence-electron chi connectivity index (χ0n) is 12.2. The molecule has 1 saturated carbocycles. The topological polar surface area (TPSA) is 116 Å². The van der Waals surface area contributed by atoms with Gasteiger partial charge in [-0.25, -0.2) is 15.0 Å². The van der Waals surface area contributed by atoms with E-state index in [-0.39, 0.29) is 19.0 Å². The molecule has 2 heterocycles. The van der Waals surface area contributed by atoms with Crippen LogP contribution in [-0.4, -0.2) is 59.7 Å². The summed E-state index contributed by atoms with van der Waals surface area (Å²) in [5.41, 5.74) is 1.64. The van der Waals surface area contributed by atoms with Crippen LogP contribution < -0.4 is 5.32 Å². The highest BCUT2D eigenvalue weighted by Gasteiger charge is 2.36. The average Bonchev–Trinajstić information content (AvgIpc) is 3.16. The van der Waals surface area contributed by atoms with E-state index in [0.717, 1.165) is 12.8 Å². The van der Waals surface area contributed by atoms with E-state index in [9.17, 15) is 15.3 Å². The van der Waals surface area contributed by atoms with Gasteiger partial charge in [-0.1, -0.05) is 6.08 Å². The van der Waals surface area contributed by atoms with Crippen LogP contribution in [0.15, 0.2) is 24.3 Å². The number of anilines is 1. The van der Waals surface area contributed by atoms with Gasteiger partial charge in [0.15, 0.2) is 11.5 Å². The third-order valence-corrected chi connectivity index (χ3v) is 4.22. The fourth-order valence-corrected chi connectivity index (χ4v) is 2.81. The van der Waals surface area contributed by atoms with E-state index >= 15 is 0 Å². The van der Waals surface area contributed by atoms with Crippen molar-refractivity contribution in [3.63, 3.8) is 0 Å². The molecule has 23 heavy (non-hydrogen) atoms. The highest BCUT2D eigenvalue weighted by atomic mass is 35.5. The molecule has 2 aromatic heterocycles. The maximum absolute atomic E-state index is 10.2. The number of imidazole rings is 1. The summed E-state index contributed by atoms with van der Waals surface area (Å²) in [6.45, 7) is -0.287. The van der Waals surface area contributed by atoms with Crippen molar-refractivity contribution >= 4 is 29.4 Å². The molecule has 2 aliphatic carbocycles. The van der Waals surface area contributed by atoms with Gasteiger partial charge in [-0.15, -0.1) is 12.4 Å². The Morgan fingerprint density at radius 1 is 1.22 bits per heavy atom. The zero-order chi connectivity index (χ0) is 15.3. The van der Waals surface area contributed by atoms with Crippen LogP contribution in [0.1, 0.15) is 18.9 Å². The Morgan fingerprint density at radius 2 is 2.00 bits per heavy atom.